The Kier molecular flexibility index (Phi) is 5.56. The topological polar surface area (TPSA) is 96.2 Å². The second-order valence-electron chi connectivity index (χ2n) is 6.47. The highest BCUT2D eigenvalue weighted by atomic mass is 16.7. The molecule has 2 heterocycles. The summed E-state index contributed by atoms with van der Waals surface area (Å²) in [5, 5.41) is 2.67. The molecular weight excluding hydrogens is 390 g/mol. The second-order valence-corrected chi connectivity index (χ2v) is 6.47. The van der Waals surface area contributed by atoms with E-state index in [0.717, 1.165) is 0 Å². The summed E-state index contributed by atoms with van der Waals surface area (Å²) in [5.41, 5.74) is 0.505. The van der Waals surface area contributed by atoms with E-state index in [1.54, 1.807) is 24.3 Å². The van der Waals surface area contributed by atoms with Crippen molar-refractivity contribution in [1.82, 2.24) is 0 Å². The number of ether oxygens (including phenoxy) is 4. The van der Waals surface area contributed by atoms with E-state index in [1.165, 1.54) is 13.0 Å². The van der Waals surface area contributed by atoms with E-state index in [0.29, 0.717) is 28.7 Å². The quantitative estimate of drug-likeness (QED) is 0.593. The lowest BCUT2D eigenvalue weighted by Crippen LogP contribution is -2.29. The van der Waals surface area contributed by atoms with Crippen molar-refractivity contribution < 1.29 is 33.0 Å². The zero-order valence-corrected chi connectivity index (χ0v) is 16.1. The molecule has 8 nitrogen and oxygen atoms in total. The molecule has 1 atom stereocenters. The zero-order valence-electron chi connectivity index (χ0n) is 16.1. The average Bonchev–Trinajstić information content (AvgIpc) is 3.42. The maximum Gasteiger partial charge on any atom is 0.375 e. The van der Waals surface area contributed by atoms with E-state index in [9.17, 15) is 9.59 Å². The smallest absolute Gasteiger partial charge is 0.375 e. The Labute approximate surface area is 172 Å². The Morgan fingerprint density at radius 2 is 1.83 bits per heavy atom. The van der Waals surface area contributed by atoms with Crippen LogP contribution >= 0.6 is 0 Å². The van der Waals surface area contributed by atoms with Crippen LogP contribution in [0.5, 0.6) is 17.2 Å². The number of carbonyl (C=O) groups excluding carboxylic acids is 2. The number of esters is 1. The van der Waals surface area contributed by atoms with Crippen molar-refractivity contribution in [2.45, 2.75) is 19.6 Å². The average molecular weight is 409 g/mol. The van der Waals surface area contributed by atoms with Crippen molar-refractivity contribution in [2.75, 3.05) is 12.1 Å². The summed E-state index contributed by atoms with van der Waals surface area (Å²) in [4.78, 5) is 24.6. The first-order valence-electron chi connectivity index (χ1n) is 9.26. The number of rotatable bonds is 7. The molecule has 0 saturated carbocycles. The first-order valence-corrected chi connectivity index (χ1v) is 9.26. The van der Waals surface area contributed by atoms with E-state index >= 15 is 0 Å². The lowest BCUT2D eigenvalue weighted by atomic mass is 10.2. The maximum atomic E-state index is 12.3. The third-order valence-electron chi connectivity index (χ3n) is 4.28. The largest absolute Gasteiger partial charge is 0.486 e. The number of para-hydroxylation sites is 1. The lowest BCUT2D eigenvalue weighted by Gasteiger charge is -2.13. The first-order chi connectivity index (χ1) is 14.6. The summed E-state index contributed by atoms with van der Waals surface area (Å²) < 4.78 is 26.7. The van der Waals surface area contributed by atoms with Gasteiger partial charge in [-0.3, -0.25) is 4.79 Å². The van der Waals surface area contributed by atoms with E-state index < -0.39 is 18.0 Å². The summed E-state index contributed by atoms with van der Waals surface area (Å²) in [7, 11) is 0. The number of hydrogen-bond donors (Lipinski definition) is 1. The molecule has 3 aromatic rings. The van der Waals surface area contributed by atoms with Gasteiger partial charge in [-0.05, 0) is 43.3 Å². The fourth-order valence-electron chi connectivity index (χ4n) is 2.73. The molecular formula is C22H19NO7. The highest BCUT2D eigenvalue weighted by Crippen LogP contribution is 2.34. The molecule has 0 fully saturated rings. The second kappa shape index (κ2) is 8.60. The number of hydrogen-bond acceptors (Lipinski definition) is 7. The van der Waals surface area contributed by atoms with Crippen LogP contribution in [0.3, 0.4) is 0 Å². The Morgan fingerprint density at radius 1 is 1.03 bits per heavy atom. The molecule has 0 saturated heterocycles. The van der Waals surface area contributed by atoms with E-state index in [1.807, 2.05) is 30.3 Å². The van der Waals surface area contributed by atoms with Crippen LogP contribution in [0, 0.1) is 0 Å². The van der Waals surface area contributed by atoms with Crippen LogP contribution in [0.1, 0.15) is 23.2 Å². The zero-order chi connectivity index (χ0) is 20.9. The standard InChI is InChI=1S/C22H19NO7/c1-14(21(24)23-15-7-9-18-20(11-15)28-13-27-18)29-22(25)19-10-8-17(30-19)12-26-16-5-3-2-4-6-16/h2-11,14H,12-13H2,1H3,(H,23,24)/t14-/m0/s1. The molecule has 0 spiro atoms. The van der Waals surface area contributed by atoms with Crippen LogP contribution in [0.4, 0.5) is 5.69 Å². The number of amides is 1. The first kappa shape index (κ1) is 19.4. The van der Waals surface area contributed by atoms with Gasteiger partial charge in [0.1, 0.15) is 18.1 Å². The highest BCUT2D eigenvalue weighted by Gasteiger charge is 2.22. The molecule has 1 aliphatic heterocycles. The van der Waals surface area contributed by atoms with Crippen molar-refractivity contribution >= 4 is 17.6 Å². The van der Waals surface area contributed by atoms with Crippen molar-refractivity contribution in [2.24, 2.45) is 0 Å². The van der Waals surface area contributed by atoms with Crippen LogP contribution in [-0.2, 0) is 16.1 Å². The molecule has 1 aliphatic rings. The molecule has 154 valence electrons. The molecule has 0 radical (unpaired) electrons. The third-order valence-corrected chi connectivity index (χ3v) is 4.28. The van der Waals surface area contributed by atoms with Gasteiger partial charge >= 0.3 is 5.97 Å². The normalized spacial score (nSPS) is 12.8. The molecule has 1 N–H and O–H groups in total. The molecule has 1 amide bonds. The fourth-order valence-corrected chi connectivity index (χ4v) is 2.73. The Balaban J connectivity index is 1.29. The van der Waals surface area contributed by atoms with Gasteiger partial charge in [-0.2, -0.15) is 0 Å². The van der Waals surface area contributed by atoms with Gasteiger partial charge in [0.2, 0.25) is 12.6 Å². The predicted molar refractivity (Wildman–Crippen MR) is 106 cm³/mol. The molecule has 1 aromatic heterocycles. The van der Waals surface area contributed by atoms with E-state index in [2.05, 4.69) is 5.32 Å². The third kappa shape index (κ3) is 4.54. The van der Waals surface area contributed by atoms with Crippen LogP contribution in [0.15, 0.2) is 65.1 Å². The van der Waals surface area contributed by atoms with Crippen LogP contribution in [0.2, 0.25) is 0 Å². The van der Waals surface area contributed by atoms with Gasteiger partial charge in [0.15, 0.2) is 17.6 Å². The fraction of sp³-hybridized carbons (Fsp3) is 0.182. The SMILES string of the molecule is C[C@H](OC(=O)c1ccc(COc2ccccc2)o1)C(=O)Nc1ccc2c(c1)OCO2. The lowest BCUT2D eigenvalue weighted by molar-refractivity contribution is -0.123. The summed E-state index contributed by atoms with van der Waals surface area (Å²) in [6, 6.07) is 17.3. The van der Waals surface area contributed by atoms with E-state index in [-0.39, 0.29) is 19.2 Å². The summed E-state index contributed by atoms with van der Waals surface area (Å²) >= 11 is 0. The van der Waals surface area contributed by atoms with Gasteiger partial charge < -0.3 is 28.7 Å². The van der Waals surface area contributed by atoms with E-state index in [4.69, 9.17) is 23.4 Å². The van der Waals surface area contributed by atoms with Gasteiger partial charge in [0.05, 0.1) is 0 Å². The van der Waals surface area contributed by atoms with Gasteiger partial charge in [-0.15, -0.1) is 0 Å². The van der Waals surface area contributed by atoms with Gasteiger partial charge in [-0.1, -0.05) is 18.2 Å². The Morgan fingerprint density at radius 3 is 2.67 bits per heavy atom. The van der Waals surface area contributed by atoms with Crippen LogP contribution in [-0.4, -0.2) is 24.8 Å². The molecule has 0 aliphatic carbocycles. The molecule has 30 heavy (non-hydrogen) atoms. The maximum absolute atomic E-state index is 12.3. The molecule has 0 bridgehead atoms. The number of anilines is 1. The number of fused-ring (bicyclic) bond motifs is 1. The number of furan rings is 1. The Hall–Kier alpha value is -3.94. The molecule has 0 unspecified atom stereocenters. The predicted octanol–water partition coefficient (Wildman–Crippen LogP) is 3.77. The number of nitrogens with one attached hydrogen (secondary N) is 1. The monoisotopic (exact) mass is 409 g/mol. The minimum Gasteiger partial charge on any atom is -0.486 e. The summed E-state index contributed by atoms with van der Waals surface area (Å²) in [5.74, 6) is 1.06. The van der Waals surface area contributed by atoms with Crippen LogP contribution in [0.25, 0.3) is 0 Å². The minimum atomic E-state index is -1.03. The molecule has 8 heteroatoms. The van der Waals surface area contributed by atoms with Gasteiger partial charge in [-0.25, -0.2) is 4.79 Å². The van der Waals surface area contributed by atoms with Crippen molar-refractivity contribution in [3.63, 3.8) is 0 Å². The summed E-state index contributed by atoms with van der Waals surface area (Å²) in [6.45, 7) is 1.78. The number of benzene rings is 2. The van der Waals surface area contributed by atoms with Crippen molar-refractivity contribution in [3.8, 4) is 17.2 Å². The Bertz CT molecular complexity index is 1040. The van der Waals surface area contributed by atoms with Gasteiger partial charge in [0, 0.05) is 11.8 Å². The number of carbonyl (C=O) groups is 2. The minimum absolute atomic E-state index is 0.00982. The van der Waals surface area contributed by atoms with Crippen molar-refractivity contribution in [1.29, 1.82) is 0 Å². The summed E-state index contributed by atoms with van der Waals surface area (Å²) in [6.07, 6.45) is -1.03. The highest BCUT2D eigenvalue weighted by molar-refractivity contribution is 5.96. The molecule has 2 aromatic carbocycles. The van der Waals surface area contributed by atoms with Crippen molar-refractivity contribution in [3.05, 3.63) is 72.2 Å². The van der Waals surface area contributed by atoms with Crippen LogP contribution < -0.4 is 19.5 Å². The van der Waals surface area contributed by atoms with Gasteiger partial charge in [0.25, 0.3) is 5.91 Å². The molecule has 4 rings (SSSR count).